The molecule has 1 fully saturated rings. The molecule has 2 aromatic rings. The largest absolute Gasteiger partial charge is 0.350 e. The number of benzene rings is 1. The maximum atomic E-state index is 12.8. The van der Waals surface area contributed by atoms with Crippen molar-refractivity contribution >= 4 is 17.7 Å². The van der Waals surface area contributed by atoms with Crippen LogP contribution in [0, 0.1) is 25.7 Å². The van der Waals surface area contributed by atoms with Gasteiger partial charge in [0, 0.05) is 17.8 Å². The number of carbonyl (C=O) groups is 3. The lowest BCUT2D eigenvalue weighted by Gasteiger charge is -2.22. The average molecular weight is 406 g/mol. The standard InChI is InChI=1S/C23H26N4O3/c1-14-20(15(2)27(25-14)17-9-5-4-6-10-17)13-24-21(28)16(3)26-22(29)18-11-7-8-12-19(18)23(26)30/h4-10,16,18-19H,11-13H2,1-3H3,(H,24,28)/t16-,18?,19?/m0/s1. The van der Waals surface area contributed by atoms with E-state index < -0.39 is 6.04 Å². The minimum absolute atomic E-state index is 0.235. The van der Waals surface area contributed by atoms with Crippen molar-refractivity contribution in [1.82, 2.24) is 20.0 Å². The second kappa shape index (κ2) is 7.89. The number of carbonyl (C=O) groups excluding carboxylic acids is 3. The highest BCUT2D eigenvalue weighted by atomic mass is 16.2. The van der Waals surface area contributed by atoms with Crippen LogP contribution in [0.15, 0.2) is 42.5 Å². The van der Waals surface area contributed by atoms with E-state index in [-0.39, 0.29) is 36.1 Å². The highest BCUT2D eigenvalue weighted by molar-refractivity contribution is 6.08. The predicted octanol–water partition coefficient (Wildman–Crippen LogP) is 2.45. The summed E-state index contributed by atoms with van der Waals surface area (Å²) in [5.74, 6) is -1.46. The van der Waals surface area contributed by atoms with Crippen LogP contribution >= 0.6 is 0 Å². The fraction of sp³-hybridized carbons (Fsp3) is 0.391. The maximum absolute atomic E-state index is 12.8. The number of amides is 3. The molecule has 1 aliphatic carbocycles. The molecule has 3 amide bonds. The molecule has 30 heavy (non-hydrogen) atoms. The number of hydrogen-bond donors (Lipinski definition) is 1. The van der Waals surface area contributed by atoms with E-state index in [9.17, 15) is 14.4 Å². The summed E-state index contributed by atoms with van der Waals surface area (Å²) in [4.78, 5) is 39.4. The van der Waals surface area contributed by atoms with E-state index in [4.69, 9.17) is 0 Å². The summed E-state index contributed by atoms with van der Waals surface area (Å²) in [5.41, 5.74) is 3.65. The van der Waals surface area contributed by atoms with E-state index in [2.05, 4.69) is 10.4 Å². The van der Waals surface area contributed by atoms with Gasteiger partial charge in [0.1, 0.15) is 6.04 Å². The molecule has 0 bridgehead atoms. The van der Waals surface area contributed by atoms with E-state index in [1.165, 1.54) is 0 Å². The summed E-state index contributed by atoms with van der Waals surface area (Å²) < 4.78 is 1.85. The first-order valence-electron chi connectivity index (χ1n) is 10.3. The Morgan fingerprint density at radius 1 is 1.10 bits per heavy atom. The van der Waals surface area contributed by atoms with Crippen LogP contribution in [0.3, 0.4) is 0 Å². The van der Waals surface area contributed by atoms with Crippen molar-refractivity contribution in [2.24, 2.45) is 11.8 Å². The van der Waals surface area contributed by atoms with Gasteiger partial charge in [-0.15, -0.1) is 0 Å². The summed E-state index contributed by atoms with van der Waals surface area (Å²) in [6, 6.07) is 8.97. The average Bonchev–Trinajstić information content (AvgIpc) is 3.19. The molecule has 1 saturated heterocycles. The highest BCUT2D eigenvalue weighted by Crippen LogP contribution is 2.36. The summed E-state index contributed by atoms with van der Waals surface area (Å²) in [6.07, 6.45) is 5.02. The summed E-state index contributed by atoms with van der Waals surface area (Å²) in [7, 11) is 0. The molecular formula is C23H26N4O3. The van der Waals surface area contributed by atoms with Crippen LogP contribution in [0.2, 0.25) is 0 Å². The van der Waals surface area contributed by atoms with Crippen molar-refractivity contribution in [3.8, 4) is 5.69 Å². The number of para-hydroxylation sites is 1. The molecule has 156 valence electrons. The van der Waals surface area contributed by atoms with Crippen molar-refractivity contribution < 1.29 is 14.4 Å². The number of aromatic nitrogens is 2. The highest BCUT2D eigenvalue weighted by Gasteiger charge is 2.50. The number of imide groups is 1. The fourth-order valence-electron chi connectivity index (χ4n) is 4.40. The molecule has 1 N–H and O–H groups in total. The van der Waals surface area contributed by atoms with Gasteiger partial charge >= 0.3 is 0 Å². The lowest BCUT2D eigenvalue weighted by Crippen LogP contribution is -2.48. The first-order chi connectivity index (χ1) is 14.4. The Kier molecular flexibility index (Phi) is 5.28. The Labute approximate surface area is 175 Å². The van der Waals surface area contributed by atoms with Crippen molar-refractivity contribution in [2.45, 2.75) is 46.2 Å². The second-order valence-electron chi connectivity index (χ2n) is 7.99. The van der Waals surface area contributed by atoms with E-state index in [1.807, 2.05) is 61.0 Å². The fourth-order valence-corrected chi connectivity index (χ4v) is 4.40. The molecule has 2 aliphatic rings. The molecule has 7 nitrogen and oxygen atoms in total. The number of aryl methyl sites for hydroxylation is 1. The normalized spacial score (nSPS) is 21.6. The van der Waals surface area contributed by atoms with E-state index >= 15 is 0 Å². The lowest BCUT2D eigenvalue weighted by atomic mass is 9.85. The van der Waals surface area contributed by atoms with Crippen LogP contribution in [0.25, 0.3) is 5.69 Å². The Balaban J connectivity index is 1.46. The smallest absolute Gasteiger partial charge is 0.243 e. The van der Waals surface area contributed by atoms with Crippen molar-refractivity contribution in [3.05, 3.63) is 59.4 Å². The van der Waals surface area contributed by atoms with Gasteiger partial charge in [-0.1, -0.05) is 30.4 Å². The van der Waals surface area contributed by atoms with Crippen LogP contribution in [0.1, 0.15) is 36.7 Å². The molecule has 7 heteroatoms. The molecule has 2 unspecified atom stereocenters. The summed E-state index contributed by atoms with van der Waals surface area (Å²) in [5, 5.41) is 7.48. The molecular weight excluding hydrogens is 380 g/mol. The molecule has 4 rings (SSSR count). The second-order valence-corrected chi connectivity index (χ2v) is 7.99. The Bertz CT molecular complexity index is 999. The van der Waals surface area contributed by atoms with Gasteiger partial charge in [-0.05, 0) is 45.7 Å². The topological polar surface area (TPSA) is 84.3 Å². The van der Waals surface area contributed by atoms with Gasteiger partial charge < -0.3 is 5.32 Å². The zero-order valence-corrected chi connectivity index (χ0v) is 17.5. The summed E-state index contributed by atoms with van der Waals surface area (Å²) >= 11 is 0. The van der Waals surface area contributed by atoms with Crippen LogP contribution in [-0.2, 0) is 20.9 Å². The van der Waals surface area contributed by atoms with Gasteiger partial charge in [-0.2, -0.15) is 5.10 Å². The van der Waals surface area contributed by atoms with Crippen LogP contribution < -0.4 is 5.32 Å². The molecule has 1 aliphatic heterocycles. The quantitative estimate of drug-likeness (QED) is 0.611. The monoisotopic (exact) mass is 406 g/mol. The van der Waals surface area contributed by atoms with Gasteiger partial charge in [0.25, 0.3) is 0 Å². The third kappa shape index (κ3) is 3.34. The molecule has 3 atom stereocenters. The van der Waals surface area contributed by atoms with Crippen molar-refractivity contribution in [2.75, 3.05) is 0 Å². The first kappa shape index (κ1) is 20.1. The number of nitrogens with zero attached hydrogens (tertiary/aromatic N) is 3. The predicted molar refractivity (Wildman–Crippen MR) is 112 cm³/mol. The van der Waals surface area contributed by atoms with Crippen molar-refractivity contribution in [3.63, 3.8) is 0 Å². The molecule has 2 heterocycles. The van der Waals surface area contributed by atoms with Gasteiger partial charge in [0.15, 0.2) is 0 Å². The molecule has 0 saturated carbocycles. The number of nitrogens with one attached hydrogen (secondary N) is 1. The minimum Gasteiger partial charge on any atom is -0.350 e. The first-order valence-corrected chi connectivity index (χ1v) is 10.3. The van der Waals surface area contributed by atoms with Crippen LogP contribution in [-0.4, -0.2) is 38.4 Å². The third-order valence-electron chi connectivity index (χ3n) is 6.19. The minimum atomic E-state index is -0.833. The number of likely N-dealkylation sites (tertiary alicyclic amines) is 1. The van der Waals surface area contributed by atoms with Crippen LogP contribution in [0.5, 0.6) is 0 Å². The number of hydrogen-bond acceptors (Lipinski definition) is 4. The zero-order valence-electron chi connectivity index (χ0n) is 17.5. The van der Waals surface area contributed by atoms with Gasteiger partial charge in [-0.25, -0.2) is 4.68 Å². The Morgan fingerprint density at radius 2 is 1.70 bits per heavy atom. The van der Waals surface area contributed by atoms with Crippen LogP contribution in [0.4, 0.5) is 0 Å². The Hall–Kier alpha value is -3.22. The van der Waals surface area contributed by atoms with E-state index in [0.717, 1.165) is 27.5 Å². The Morgan fingerprint density at radius 3 is 2.30 bits per heavy atom. The summed E-state index contributed by atoms with van der Waals surface area (Å²) in [6.45, 7) is 5.77. The maximum Gasteiger partial charge on any atom is 0.243 e. The van der Waals surface area contributed by atoms with Gasteiger partial charge in [-0.3, -0.25) is 19.3 Å². The number of fused-ring (bicyclic) bond motifs is 1. The van der Waals surface area contributed by atoms with Gasteiger partial charge in [0.05, 0.1) is 23.2 Å². The molecule has 1 aromatic carbocycles. The van der Waals surface area contributed by atoms with Crippen molar-refractivity contribution in [1.29, 1.82) is 0 Å². The number of allylic oxidation sites excluding steroid dienone is 2. The number of rotatable bonds is 5. The molecule has 0 spiro atoms. The SMILES string of the molecule is Cc1nn(-c2ccccc2)c(C)c1CNC(=O)[C@H](C)N1C(=O)C2CC=CCC2C1=O. The molecule has 0 radical (unpaired) electrons. The lowest BCUT2D eigenvalue weighted by molar-refractivity contribution is -0.147. The van der Waals surface area contributed by atoms with E-state index in [1.54, 1.807) is 6.92 Å². The van der Waals surface area contributed by atoms with E-state index in [0.29, 0.717) is 12.8 Å². The van der Waals surface area contributed by atoms with Gasteiger partial charge in [0.2, 0.25) is 17.7 Å². The molecule has 1 aromatic heterocycles. The zero-order chi connectivity index (χ0) is 21.4. The third-order valence-corrected chi connectivity index (χ3v) is 6.19.